The summed E-state index contributed by atoms with van der Waals surface area (Å²) in [6.07, 6.45) is 2.13. The highest BCUT2D eigenvalue weighted by molar-refractivity contribution is 7.99. The van der Waals surface area contributed by atoms with Gasteiger partial charge in [0.1, 0.15) is 11.9 Å². The third-order valence-corrected chi connectivity index (χ3v) is 4.08. The predicted molar refractivity (Wildman–Crippen MR) is 70.8 cm³/mol. The number of H-pyrrole nitrogens is 1. The quantitative estimate of drug-likeness (QED) is 0.622. The molecule has 1 rings (SSSR count). The van der Waals surface area contributed by atoms with Gasteiger partial charge in [0.25, 0.3) is 0 Å². The van der Waals surface area contributed by atoms with Crippen LogP contribution in [0.4, 0.5) is 0 Å². The molecule has 0 atom stereocenters. The highest BCUT2D eigenvalue weighted by atomic mass is 32.2. The van der Waals surface area contributed by atoms with Gasteiger partial charge in [-0.3, -0.25) is 0 Å². The van der Waals surface area contributed by atoms with Crippen LogP contribution < -0.4 is 4.57 Å². The van der Waals surface area contributed by atoms with Crippen LogP contribution in [0.15, 0.2) is 11.4 Å². The van der Waals surface area contributed by atoms with Gasteiger partial charge < -0.3 is 0 Å². The Morgan fingerprint density at radius 1 is 1.19 bits per heavy atom. The zero-order valence-corrected chi connectivity index (χ0v) is 12.5. The van der Waals surface area contributed by atoms with E-state index in [1.54, 1.807) is 0 Å². The zero-order valence-electron chi connectivity index (χ0n) is 11.6. The van der Waals surface area contributed by atoms with Crippen molar-refractivity contribution >= 4 is 11.8 Å². The molecule has 0 radical (unpaired) electrons. The number of aromatic nitrogens is 2. The molecule has 16 heavy (non-hydrogen) atoms. The number of rotatable bonds is 2. The standard InChI is InChI=1S/C13H24N2S/c1-12(2,3)9-16-11-14-8-10(15(11)7)13(4,5)6/h8H,9H2,1-7H3/p+1. The van der Waals surface area contributed by atoms with Crippen LogP contribution in [0.3, 0.4) is 0 Å². The lowest BCUT2D eigenvalue weighted by Crippen LogP contribution is -2.38. The van der Waals surface area contributed by atoms with E-state index in [4.69, 9.17) is 0 Å². The van der Waals surface area contributed by atoms with E-state index in [0.717, 1.165) is 5.75 Å². The van der Waals surface area contributed by atoms with E-state index < -0.39 is 0 Å². The summed E-state index contributed by atoms with van der Waals surface area (Å²) in [7, 11) is 2.14. The molecule has 0 amide bonds. The molecular formula is C13H25N2S+. The fourth-order valence-electron chi connectivity index (χ4n) is 1.58. The van der Waals surface area contributed by atoms with Crippen molar-refractivity contribution < 1.29 is 4.57 Å². The SMILES string of the molecule is C[n+]1c(C(C)(C)C)c[nH]c1SCC(C)(C)C. The van der Waals surface area contributed by atoms with Gasteiger partial charge in [0.05, 0.1) is 7.05 Å². The number of imidazole rings is 1. The molecule has 1 heterocycles. The third kappa shape index (κ3) is 3.55. The maximum atomic E-state index is 3.38. The average Bonchev–Trinajstić information content (AvgIpc) is 2.41. The molecule has 0 aliphatic rings. The number of nitrogens with zero attached hydrogens (tertiary/aromatic N) is 1. The summed E-state index contributed by atoms with van der Waals surface area (Å²) in [6, 6.07) is 0. The highest BCUT2D eigenvalue weighted by Crippen LogP contribution is 2.26. The van der Waals surface area contributed by atoms with Crippen LogP contribution >= 0.6 is 11.8 Å². The Labute approximate surface area is 104 Å². The van der Waals surface area contributed by atoms with E-state index >= 15 is 0 Å². The van der Waals surface area contributed by atoms with Crippen molar-refractivity contribution in [2.45, 2.75) is 52.1 Å². The largest absolute Gasteiger partial charge is 0.315 e. The van der Waals surface area contributed by atoms with E-state index in [2.05, 4.69) is 64.3 Å². The van der Waals surface area contributed by atoms with Crippen molar-refractivity contribution in [2.24, 2.45) is 12.5 Å². The maximum Gasteiger partial charge on any atom is 0.315 e. The first kappa shape index (κ1) is 13.6. The molecule has 1 aromatic rings. The molecule has 0 saturated carbocycles. The Kier molecular flexibility index (Phi) is 3.78. The summed E-state index contributed by atoms with van der Waals surface area (Å²) in [4.78, 5) is 3.38. The maximum absolute atomic E-state index is 3.38. The second-order valence-corrected chi connectivity index (χ2v) is 7.60. The highest BCUT2D eigenvalue weighted by Gasteiger charge is 2.26. The van der Waals surface area contributed by atoms with Crippen LogP contribution in [0.2, 0.25) is 0 Å². The molecule has 0 aliphatic heterocycles. The Morgan fingerprint density at radius 3 is 2.12 bits per heavy atom. The Hall–Kier alpha value is -0.440. The molecule has 0 fully saturated rings. The summed E-state index contributed by atoms with van der Waals surface area (Å²) < 4.78 is 2.27. The molecule has 0 saturated heterocycles. The molecule has 92 valence electrons. The molecule has 1 aromatic heterocycles. The van der Waals surface area contributed by atoms with E-state index in [-0.39, 0.29) is 5.41 Å². The lowest BCUT2D eigenvalue weighted by molar-refractivity contribution is -0.717. The van der Waals surface area contributed by atoms with E-state index in [0.29, 0.717) is 5.41 Å². The fraction of sp³-hybridized carbons (Fsp3) is 0.769. The molecule has 0 spiro atoms. The van der Waals surface area contributed by atoms with Gasteiger partial charge in [-0.15, -0.1) is 0 Å². The Morgan fingerprint density at radius 2 is 1.75 bits per heavy atom. The van der Waals surface area contributed by atoms with E-state index in [1.807, 2.05) is 11.8 Å². The topological polar surface area (TPSA) is 19.7 Å². The van der Waals surface area contributed by atoms with Crippen LogP contribution in [0, 0.1) is 5.41 Å². The van der Waals surface area contributed by atoms with E-state index in [9.17, 15) is 0 Å². The second-order valence-electron chi connectivity index (χ2n) is 6.64. The number of aromatic amines is 1. The van der Waals surface area contributed by atoms with Crippen molar-refractivity contribution in [3.05, 3.63) is 11.9 Å². The van der Waals surface area contributed by atoms with Crippen LogP contribution in [0.1, 0.15) is 47.2 Å². The minimum Gasteiger partial charge on any atom is -0.238 e. The van der Waals surface area contributed by atoms with Gasteiger partial charge in [0.15, 0.2) is 0 Å². The van der Waals surface area contributed by atoms with Crippen LogP contribution in [0.25, 0.3) is 0 Å². The summed E-state index contributed by atoms with van der Waals surface area (Å²) in [5, 5.41) is 1.25. The van der Waals surface area contributed by atoms with Crippen molar-refractivity contribution in [2.75, 3.05) is 5.75 Å². The van der Waals surface area contributed by atoms with Gasteiger partial charge >= 0.3 is 5.16 Å². The first-order valence-corrected chi connectivity index (χ1v) is 6.80. The van der Waals surface area contributed by atoms with Gasteiger partial charge in [-0.05, 0) is 17.2 Å². The van der Waals surface area contributed by atoms with Gasteiger partial charge in [-0.1, -0.05) is 41.5 Å². The minimum atomic E-state index is 0.200. The van der Waals surface area contributed by atoms with Crippen LogP contribution in [0.5, 0.6) is 0 Å². The zero-order chi connectivity index (χ0) is 12.6. The van der Waals surface area contributed by atoms with Gasteiger partial charge in [0, 0.05) is 11.2 Å². The number of nitrogens with one attached hydrogen (secondary N) is 1. The summed E-state index contributed by atoms with van der Waals surface area (Å²) in [5.41, 5.74) is 1.92. The monoisotopic (exact) mass is 241 g/mol. The van der Waals surface area contributed by atoms with Crippen LogP contribution in [-0.4, -0.2) is 10.7 Å². The molecule has 0 unspecified atom stereocenters. The van der Waals surface area contributed by atoms with Crippen LogP contribution in [-0.2, 0) is 12.5 Å². The first-order valence-electron chi connectivity index (χ1n) is 5.82. The van der Waals surface area contributed by atoms with Crippen molar-refractivity contribution in [3.8, 4) is 0 Å². The molecule has 0 aliphatic carbocycles. The van der Waals surface area contributed by atoms with Crippen molar-refractivity contribution in [1.82, 2.24) is 4.98 Å². The molecule has 3 heteroatoms. The molecule has 2 nitrogen and oxygen atoms in total. The van der Waals surface area contributed by atoms with Gasteiger partial charge in [-0.25, -0.2) is 9.55 Å². The van der Waals surface area contributed by atoms with Gasteiger partial charge in [0.2, 0.25) is 0 Å². The lowest BCUT2D eigenvalue weighted by atomic mass is 9.93. The third-order valence-electron chi connectivity index (χ3n) is 2.41. The molecular weight excluding hydrogens is 216 g/mol. The number of thioether (sulfide) groups is 1. The fourth-order valence-corrected chi connectivity index (χ4v) is 2.58. The summed E-state index contributed by atoms with van der Waals surface area (Å²) in [5.74, 6) is 1.13. The number of hydrogen-bond donors (Lipinski definition) is 1. The summed E-state index contributed by atoms with van der Waals surface area (Å²) >= 11 is 1.90. The predicted octanol–water partition coefficient (Wildman–Crippen LogP) is 3.27. The van der Waals surface area contributed by atoms with E-state index in [1.165, 1.54) is 10.9 Å². The minimum absolute atomic E-state index is 0.200. The normalized spacial score (nSPS) is 13.2. The Bertz CT molecular complexity index is 353. The second kappa shape index (κ2) is 4.44. The average molecular weight is 241 g/mol. The lowest BCUT2D eigenvalue weighted by Gasteiger charge is -2.16. The molecule has 0 bridgehead atoms. The molecule has 0 aromatic carbocycles. The summed E-state index contributed by atoms with van der Waals surface area (Å²) in [6.45, 7) is 13.5. The Balaban J connectivity index is 2.81. The molecule has 1 N–H and O–H groups in total. The van der Waals surface area contributed by atoms with Gasteiger partial charge in [-0.2, -0.15) is 0 Å². The first-order chi connectivity index (χ1) is 7.11. The number of hydrogen-bond acceptors (Lipinski definition) is 1. The van der Waals surface area contributed by atoms with Crippen molar-refractivity contribution in [3.63, 3.8) is 0 Å². The van der Waals surface area contributed by atoms with Crippen molar-refractivity contribution in [1.29, 1.82) is 0 Å². The smallest absolute Gasteiger partial charge is 0.238 e.